The maximum atomic E-state index is 5.54. The van der Waals surface area contributed by atoms with Crippen LogP contribution in [0.15, 0.2) is 24.8 Å². The van der Waals surface area contributed by atoms with Crippen LogP contribution in [0.4, 0.5) is 0 Å². The van der Waals surface area contributed by atoms with E-state index in [9.17, 15) is 0 Å². The summed E-state index contributed by atoms with van der Waals surface area (Å²) in [4.78, 5) is 15.2. The van der Waals surface area contributed by atoms with E-state index in [1.165, 1.54) is 0 Å². The van der Waals surface area contributed by atoms with E-state index >= 15 is 0 Å². The Morgan fingerprint density at radius 1 is 0.688 bits per heavy atom. The highest BCUT2D eigenvalue weighted by Crippen LogP contribution is 2.01. The molecule has 0 bridgehead atoms. The van der Waals surface area contributed by atoms with E-state index in [4.69, 9.17) is 23.2 Å². The molecule has 0 aliphatic heterocycles. The molecule has 0 aliphatic rings. The summed E-state index contributed by atoms with van der Waals surface area (Å²) in [6.07, 6.45) is 6.16. The summed E-state index contributed by atoms with van der Waals surface area (Å²) in [7, 11) is 0. The van der Waals surface area contributed by atoms with E-state index in [-0.39, 0.29) is 10.6 Å². The highest BCUT2D eigenvalue weighted by Gasteiger charge is 1.92. The summed E-state index contributed by atoms with van der Waals surface area (Å²) < 4.78 is 0. The first kappa shape index (κ1) is 10.8. The summed E-state index contributed by atoms with van der Waals surface area (Å²) >= 11 is 11.1. The molecule has 0 radical (unpaired) electrons. The molecule has 2 heterocycles. The average molecular weight is 251 g/mol. The van der Waals surface area contributed by atoms with E-state index in [0.29, 0.717) is 11.1 Å². The largest absolute Gasteiger partial charge is 0.225 e. The van der Waals surface area contributed by atoms with Crippen molar-refractivity contribution in [3.8, 4) is 11.8 Å². The van der Waals surface area contributed by atoms with Crippen molar-refractivity contribution in [2.45, 2.75) is 0 Å². The Balaban J connectivity index is 2.21. The molecule has 0 atom stereocenters. The lowest BCUT2D eigenvalue weighted by atomic mass is 10.3. The Bertz CT molecular complexity index is 490. The Labute approximate surface area is 102 Å². The smallest absolute Gasteiger partial charge is 0.222 e. The SMILES string of the molecule is Clc1ncc(C#Cc2cnc(Cl)nc2)cn1. The van der Waals surface area contributed by atoms with Crippen molar-refractivity contribution in [1.29, 1.82) is 0 Å². The van der Waals surface area contributed by atoms with Crippen molar-refractivity contribution in [2.75, 3.05) is 0 Å². The molecule has 4 nitrogen and oxygen atoms in total. The van der Waals surface area contributed by atoms with Crippen LogP contribution in [0.1, 0.15) is 11.1 Å². The molecule has 16 heavy (non-hydrogen) atoms. The molecule has 0 aliphatic carbocycles. The van der Waals surface area contributed by atoms with Crippen LogP contribution in [0.25, 0.3) is 0 Å². The van der Waals surface area contributed by atoms with Gasteiger partial charge in [0.15, 0.2) is 0 Å². The topological polar surface area (TPSA) is 51.6 Å². The lowest BCUT2D eigenvalue weighted by Gasteiger charge is -1.90. The summed E-state index contributed by atoms with van der Waals surface area (Å²) in [6, 6.07) is 0. The van der Waals surface area contributed by atoms with Crippen LogP contribution in [0.5, 0.6) is 0 Å². The third-order valence-corrected chi connectivity index (χ3v) is 1.98. The Hall–Kier alpha value is -1.70. The van der Waals surface area contributed by atoms with Crippen LogP contribution in [0.2, 0.25) is 10.6 Å². The quantitative estimate of drug-likeness (QED) is 0.530. The molecule has 0 amide bonds. The number of hydrogen-bond acceptors (Lipinski definition) is 4. The second kappa shape index (κ2) is 4.88. The van der Waals surface area contributed by atoms with Crippen molar-refractivity contribution in [3.05, 3.63) is 46.5 Å². The lowest BCUT2D eigenvalue weighted by molar-refractivity contribution is 1.15. The molecule has 0 saturated carbocycles. The van der Waals surface area contributed by atoms with Gasteiger partial charge in [-0.15, -0.1) is 0 Å². The molecule has 0 saturated heterocycles. The fourth-order valence-corrected chi connectivity index (χ4v) is 1.09. The first-order valence-electron chi connectivity index (χ1n) is 4.21. The fourth-order valence-electron chi connectivity index (χ4n) is 0.898. The van der Waals surface area contributed by atoms with Crippen LogP contribution in [0, 0.1) is 11.8 Å². The minimum absolute atomic E-state index is 0.195. The molecule has 2 aromatic rings. The van der Waals surface area contributed by atoms with Crippen molar-refractivity contribution in [1.82, 2.24) is 19.9 Å². The zero-order valence-electron chi connectivity index (χ0n) is 7.85. The van der Waals surface area contributed by atoms with Gasteiger partial charge < -0.3 is 0 Å². The van der Waals surface area contributed by atoms with E-state index in [2.05, 4.69) is 31.8 Å². The van der Waals surface area contributed by atoms with Crippen molar-refractivity contribution in [2.24, 2.45) is 0 Å². The predicted molar refractivity (Wildman–Crippen MR) is 60.1 cm³/mol. The predicted octanol–water partition coefficient (Wildman–Crippen LogP) is 1.97. The first-order chi connectivity index (χ1) is 7.74. The van der Waals surface area contributed by atoms with Crippen LogP contribution in [0.3, 0.4) is 0 Å². The van der Waals surface area contributed by atoms with Gasteiger partial charge in [-0.25, -0.2) is 19.9 Å². The molecule has 78 valence electrons. The first-order valence-corrected chi connectivity index (χ1v) is 4.97. The van der Waals surface area contributed by atoms with Gasteiger partial charge in [0.25, 0.3) is 0 Å². The van der Waals surface area contributed by atoms with Crippen molar-refractivity contribution >= 4 is 23.2 Å². The van der Waals surface area contributed by atoms with Crippen LogP contribution in [-0.4, -0.2) is 19.9 Å². The summed E-state index contributed by atoms with van der Waals surface area (Å²) in [6.45, 7) is 0. The molecular formula is C10H4Cl2N4. The molecule has 0 unspecified atom stereocenters. The standard InChI is InChI=1S/C10H4Cl2N4/c11-9-13-3-7(4-14-9)1-2-8-5-15-10(12)16-6-8/h3-6H. The number of halogens is 2. The average Bonchev–Trinajstić information content (AvgIpc) is 2.30. The van der Waals surface area contributed by atoms with E-state index in [1.54, 1.807) is 24.8 Å². The minimum Gasteiger partial charge on any atom is -0.225 e. The van der Waals surface area contributed by atoms with Gasteiger partial charge in [0, 0.05) is 24.8 Å². The summed E-state index contributed by atoms with van der Waals surface area (Å²) in [5.41, 5.74) is 1.33. The van der Waals surface area contributed by atoms with Gasteiger partial charge in [-0.3, -0.25) is 0 Å². The second-order valence-electron chi connectivity index (χ2n) is 2.73. The number of aromatic nitrogens is 4. The molecule has 0 fully saturated rings. The molecule has 2 rings (SSSR count). The monoisotopic (exact) mass is 250 g/mol. The Morgan fingerprint density at radius 2 is 1.00 bits per heavy atom. The maximum Gasteiger partial charge on any atom is 0.222 e. The summed E-state index contributed by atoms with van der Waals surface area (Å²) in [5.74, 6) is 5.70. The van der Waals surface area contributed by atoms with Gasteiger partial charge >= 0.3 is 0 Å². The van der Waals surface area contributed by atoms with Crippen LogP contribution < -0.4 is 0 Å². The fraction of sp³-hybridized carbons (Fsp3) is 0. The molecule has 0 N–H and O–H groups in total. The third-order valence-electron chi connectivity index (χ3n) is 1.59. The number of nitrogens with zero attached hydrogens (tertiary/aromatic N) is 4. The summed E-state index contributed by atoms with van der Waals surface area (Å²) in [5, 5.41) is 0.390. The van der Waals surface area contributed by atoms with Crippen molar-refractivity contribution < 1.29 is 0 Å². The molecule has 6 heteroatoms. The second-order valence-corrected chi connectivity index (χ2v) is 3.41. The normalized spacial score (nSPS) is 9.38. The van der Waals surface area contributed by atoms with Gasteiger partial charge in [-0.1, -0.05) is 11.8 Å². The van der Waals surface area contributed by atoms with Gasteiger partial charge in [0.2, 0.25) is 10.6 Å². The Kier molecular flexibility index (Phi) is 3.30. The van der Waals surface area contributed by atoms with E-state index in [1.807, 2.05) is 0 Å². The highest BCUT2D eigenvalue weighted by molar-refractivity contribution is 6.28. The van der Waals surface area contributed by atoms with Crippen LogP contribution >= 0.6 is 23.2 Å². The van der Waals surface area contributed by atoms with Crippen molar-refractivity contribution in [3.63, 3.8) is 0 Å². The maximum absolute atomic E-state index is 5.54. The zero-order valence-corrected chi connectivity index (χ0v) is 9.37. The molecule has 2 aromatic heterocycles. The lowest BCUT2D eigenvalue weighted by Crippen LogP contribution is -1.85. The number of hydrogen-bond donors (Lipinski definition) is 0. The van der Waals surface area contributed by atoms with Gasteiger partial charge in [-0.05, 0) is 23.2 Å². The minimum atomic E-state index is 0.195. The molecule has 0 aromatic carbocycles. The van der Waals surface area contributed by atoms with Crippen LogP contribution in [-0.2, 0) is 0 Å². The van der Waals surface area contributed by atoms with Gasteiger partial charge in [-0.2, -0.15) is 0 Å². The number of rotatable bonds is 0. The third kappa shape index (κ3) is 2.89. The van der Waals surface area contributed by atoms with E-state index < -0.39 is 0 Å². The van der Waals surface area contributed by atoms with E-state index in [0.717, 1.165) is 0 Å². The van der Waals surface area contributed by atoms with Gasteiger partial charge in [0.1, 0.15) is 0 Å². The highest BCUT2D eigenvalue weighted by atomic mass is 35.5. The van der Waals surface area contributed by atoms with Gasteiger partial charge in [0.05, 0.1) is 11.1 Å². The Morgan fingerprint density at radius 3 is 1.31 bits per heavy atom. The zero-order chi connectivity index (χ0) is 11.4. The molecule has 0 spiro atoms. The molecular weight excluding hydrogens is 247 g/mol.